The van der Waals surface area contributed by atoms with Crippen LogP contribution < -0.4 is 10.0 Å². The summed E-state index contributed by atoms with van der Waals surface area (Å²) in [5.74, 6) is 0.383. The minimum absolute atomic E-state index is 0.00661. The molecule has 1 saturated carbocycles. The lowest BCUT2D eigenvalue weighted by atomic mass is 9.74. The fraction of sp³-hybridized carbons (Fsp3) is 0.643. The predicted octanol–water partition coefficient (Wildman–Crippen LogP) is 2.37. The Balaban J connectivity index is 2.27. The van der Waals surface area contributed by atoms with E-state index in [1.807, 2.05) is 0 Å². The molecule has 1 unspecified atom stereocenters. The number of sulfonamides is 1. The zero-order valence-electron chi connectivity index (χ0n) is 12.3. The van der Waals surface area contributed by atoms with Crippen LogP contribution >= 0.6 is 0 Å². The maximum absolute atomic E-state index is 12.6. The van der Waals surface area contributed by atoms with E-state index < -0.39 is 10.0 Å². The Hall–Kier alpha value is -1.14. The molecule has 112 valence electrons. The largest absolute Gasteiger partial charge is 0.372 e. The van der Waals surface area contributed by atoms with Crippen molar-refractivity contribution in [1.82, 2.24) is 9.71 Å². The van der Waals surface area contributed by atoms with Crippen molar-refractivity contribution in [2.75, 3.05) is 12.4 Å². The first-order valence-corrected chi connectivity index (χ1v) is 8.50. The molecule has 1 aromatic rings. The van der Waals surface area contributed by atoms with Gasteiger partial charge in [-0.25, -0.2) is 18.1 Å². The van der Waals surface area contributed by atoms with Crippen molar-refractivity contribution in [2.45, 2.75) is 50.5 Å². The third-order valence-electron chi connectivity index (χ3n) is 4.10. The highest BCUT2D eigenvalue weighted by Gasteiger charge is 2.35. The van der Waals surface area contributed by atoms with Crippen LogP contribution in [0.25, 0.3) is 0 Å². The average Bonchev–Trinajstić information content (AvgIpc) is 2.41. The second-order valence-electron chi connectivity index (χ2n) is 6.01. The van der Waals surface area contributed by atoms with Crippen LogP contribution in [0.3, 0.4) is 0 Å². The summed E-state index contributed by atoms with van der Waals surface area (Å²) >= 11 is 0. The average molecular weight is 297 g/mol. The van der Waals surface area contributed by atoms with Gasteiger partial charge in [0.15, 0.2) is 0 Å². The molecule has 0 bridgehead atoms. The minimum Gasteiger partial charge on any atom is -0.372 e. The molecule has 0 saturated heterocycles. The van der Waals surface area contributed by atoms with Crippen LogP contribution in [-0.2, 0) is 10.0 Å². The first-order chi connectivity index (χ1) is 9.37. The Kier molecular flexibility index (Phi) is 4.34. The summed E-state index contributed by atoms with van der Waals surface area (Å²) < 4.78 is 28.0. The summed E-state index contributed by atoms with van der Waals surface area (Å²) in [6.45, 7) is 4.25. The van der Waals surface area contributed by atoms with Gasteiger partial charge >= 0.3 is 0 Å². The van der Waals surface area contributed by atoms with Gasteiger partial charge in [-0.3, -0.25) is 0 Å². The lowest BCUT2D eigenvalue weighted by Gasteiger charge is -2.38. The van der Waals surface area contributed by atoms with E-state index in [4.69, 9.17) is 0 Å². The molecule has 5 nitrogen and oxygen atoms in total. The van der Waals surface area contributed by atoms with Gasteiger partial charge < -0.3 is 5.32 Å². The standard InChI is InChI=1S/C14H23N3O2S/c1-14(2)9-5-4-8-12(14)17-20(18,19)11-7-6-10-16-13(11)15-3/h6-7,10,12,17H,4-5,8-9H2,1-3H3,(H,15,16). The molecule has 0 radical (unpaired) electrons. The van der Waals surface area contributed by atoms with E-state index in [1.54, 1.807) is 25.4 Å². The van der Waals surface area contributed by atoms with Gasteiger partial charge in [0.1, 0.15) is 10.7 Å². The van der Waals surface area contributed by atoms with E-state index in [-0.39, 0.29) is 16.4 Å². The maximum atomic E-state index is 12.6. The quantitative estimate of drug-likeness (QED) is 0.895. The zero-order valence-corrected chi connectivity index (χ0v) is 13.1. The van der Waals surface area contributed by atoms with Gasteiger partial charge in [0.05, 0.1) is 0 Å². The molecular weight excluding hydrogens is 274 g/mol. The lowest BCUT2D eigenvalue weighted by molar-refractivity contribution is 0.188. The molecule has 1 aromatic heterocycles. The van der Waals surface area contributed by atoms with Gasteiger partial charge in [-0.2, -0.15) is 0 Å². The Bertz CT molecular complexity index is 570. The molecule has 20 heavy (non-hydrogen) atoms. The topological polar surface area (TPSA) is 71.1 Å². The van der Waals surface area contributed by atoms with Gasteiger partial charge in [-0.05, 0) is 30.4 Å². The summed E-state index contributed by atoms with van der Waals surface area (Å²) in [6, 6.07) is 3.20. The van der Waals surface area contributed by atoms with Crippen LogP contribution in [0.15, 0.2) is 23.2 Å². The summed E-state index contributed by atoms with van der Waals surface area (Å²) in [5, 5.41) is 2.83. The number of hydrogen-bond donors (Lipinski definition) is 2. The molecule has 0 spiro atoms. The second kappa shape index (κ2) is 5.69. The SMILES string of the molecule is CNc1ncccc1S(=O)(=O)NC1CCCCC1(C)C. The van der Waals surface area contributed by atoms with Crippen LogP contribution in [0, 0.1) is 5.41 Å². The summed E-state index contributed by atoms with van der Waals surface area (Å²) in [4.78, 5) is 4.27. The van der Waals surface area contributed by atoms with E-state index >= 15 is 0 Å². The first-order valence-electron chi connectivity index (χ1n) is 7.02. The van der Waals surface area contributed by atoms with Crippen molar-refractivity contribution in [1.29, 1.82) is 0 Å². The number of rotatable bonds is 4. The highest BCUT2D eigenvalue weighted by molar-refractivity contribution is 7.89. The van der Waals surface area contributed by atoms with E-state index in [0.29, 0.717) is 5.82 Å². The van der Waals surface area contributed by atoms with Crippen molar-refractivity contribution in [3.05, 3.63) is 18.3 Å². The van der Waals surface area contributed by atoms with Crippen molar-refractivity contribution < 1.29 is 8.42 Å². The molecule has 1 heterocycles. The van der Waals surface area contributed by atoms with Crippen molar-refractivity contribution in [3.63, 3.8) is 0 Å². The molecule has 6 heteroatoms. The van der Waals surface area contributed by atoms with Gasteiger partial charge in [-0.15, -0.1) is 0 Å². The number of nitrogens with one attached hydrogen (secondary N) is 2. The van der Waals surface area contributed by atoms with Gasteiger partial charge in [0.25, 0.3) is 0 Å². The van der Waals surface area contributed by atoms with Crippen molar-refractivity contribution >= 4 is 15.8 Å². The summed E-state index contributed by atoms with van der Waals surface area (Å²) in [7, 11) is -1.88. The third kappa shape index (κ3) is 3.12. The predicted molar refractivity (Wildman–Crippen MR) is 80.1 cm³/mol. The smallest absolute Gasteiger partial charge is 0.244 e. The van der Waals surface area contributed by atoms with Crippen LogP contribution in [0.2, 0.25) is 0 Å². The third-order valence-corrected chi connectivity index (χ3v) is 5.60. The molecule has 1 fully saturated rings. The van der Waals surface area contributed by atoms with Crippen LogP contribution in [0.4, 0.5) is 5.82 Å². The normalized spacial score (nSPS) is 22.4. The first kappa shape index (κ1) is 15.3. The molecule has 1 aliphatic rings. The molecule has 1 atom stereocenters. The van der Waals surface area contributed by atoms with Gasteiger partial charge in [0, 0.05) is 19.3 Å². The minimum atomic E-state index is -3.55. The van der Waals surface area contributed by atoms with E-state index in [0.717, 1.165) is 19.3 Å². The Morgan fingerprint density at radius 2 is 2.10 bits per heavy atom. The van der Waals surface area contributed by atoms with Gasteiger partial charge in [0.2, 0.25) is 10.0 Å². The number of nitrogens with zero attached hydrogens (tertiary/aromatic N) is 1. The summed E-state index contributed by atoms with van der Waals surface area (Å²) in [6.07, 6.45) is 5.76. The van der Waals surface area contributed by atoms with Crippen LogP contribution in [0.1, 0.15) is 39.5 Å². The maximum Gasteiger partial charge on any atom is 0.244 e. The molecule has 2 N–H and O–H groups in total. The molecular formula is C14H23N3O2S. The number of hydrogen-bond acceptors (Lipinski definition) is 4. The van der Waals surface area contributed by atoms with Crippen molar-refractivity contribution in [2.24, 2.45) is 5.41 Å². The fourth-order valence-electron chi connectivity index (χ4n) is 2.76. The fourth-order valence-corrected chi connectivity index (χ4v) is 4.36. The molecule has 0 aliphatic heterocycles. The summed E-state index contributed by atoms with van der Waals surface area (Å²) in [5.41, 5.74) is -0.00661. The van der Waals surface area contributed by atoms with E-state index in [9.17, 15) is 8.42 Å². The molecule has 1 aliphatic carbocycles. The second-order valence-corrected chi connectivity index (χ2v) is 7.69. The Morgan fingerprint density at radius 3 is 2.75 bits per heavy atom. The lowest BCUT2D eigenvalue weighted by Crippen LogP contribution is -2.46. The zero-order chi connectivity index (χ0) is 14.8. The molecule has 2 rings (SSSR count). The highest BCUT2D eigenvalue weighted by Crippen LogP contribution is 2.36. The van der Waals surface area contributed by atoms with Crippen LogP contribution in [-0.4, -0.2) is 26.5 Å². The van der Waals surface area contributed by atoms with Gasteiger partial charge in [-0.1, -0.05) is 26.7 Å². The number of pyridine rings is 1. The Morgan fingerprint density at radius 1 is 1.35 bits per heavy atom. The van der Waals surface area contributed by atoms with Crippen LogP contribution in [0.5, 0.6) is 0 Å². The number of aromatic nitrogens is 1. The Labute approximate surface area is 121 Å². The number of anilines is 1. The highest BCUT2D eigenvalue weighted by atomic mass is 32.2. The van der Waals surface area contributed by atoms with Crippen molar-refractivity contribution in [3.8, 4) is 0 Å². The van der Waals surface area contributed by atoms with E-state index in [2.05, 4.69) is 28.9 Å². The molecule has 0 amide bonds. The molecule has 0 aromatic carbocycles. The van der Waals surface area contributed by atoms with E-state index in [1.165, 1.54) is 6.42 Å². The monoisotopic (exact) mass is 297 g/mol.